The van der Waals surface area contributed by atoms with Gasteiger partial charge in [-0.25, -0.2) is 4.39 Å². The fourth-order valence-corrected chi connectivity index (χ4v) is 2.29. The van der Waals surface area contributed by atoms with Gasteiger partial charge in [-0.05, 0) is 23.8 Å². The number of rotatable bonds is 6. The zero-order chi connectivity index (χ0) is 17.4. The maximum Gasteiger partial charge on any atom is 0.191 e. The molecule has 0 atom stereocenters. The van der Waals surface area contributed by atoms with Gasteiger partial charge in [0.05, 0.1) is 13.7 Å². The van der Waals surface area contributed by atoms with Crippen molar-refractivity contribution in [3.05, 3.63) is 65.0 Å². The van der Waals surface area contributed by atoms with Gasteiger partial charge in [0.15, 0.2) is 5.96 Å². The highest BCUT2D eigenvalue weighted by Crippen LogP contribution is 2.16. The molecule has 6 heteroatoms. The summed E-state index contributed by atoms with van der Waals surface area (Å²) < 4.78 is 18.7. The predicted octanol–water partition coefficient (Wildman–Crippen LogP) is 2.19. The average molecular weight is 331 g/mol. The number of nitrogens with one attached hydrogen (secondary N) is 2. The largest absolute Gasteiger partial charge is 0.496 e. The number of ether oxygens (including phenoxy) is 1. The van der Waals surface area contributed by atoms with Gasteiger partial charge in [-0.2, -0.15) is 0 Å². The van der Waals surface area contributed by atoms with E-state index >= 15 is 0 Å². The minimum Gasteiger partial charge on any atom is -0.496 e. The molecule has 5 nitrogen and oxygen atoms in total. The summed E-state index contributed by atoms with van der Waals surface area (Å²) >= 11 is 0. The van der Waals surface area contributed by atoms with Crippen LogP contribution >= 0.6 is 0 Å². The SMILES string of the molecule is CN=C(NCc1ccc(F)c(CO)c1)NCc1ccccc1OC. The molecule has 2 aromatic rings. The van der Waals surface area contributed by atoms with Crippen molar-refractivity contribution in [1.29, 1.82) is 0 Å². The van der Waals surface area contributed by atoms with Crippen molar-refractivity contribution in [3.8, 4) is 5.75 Å². The summed E-state index contributed by atoms with van der Waals surface area (Å²) in [6.07, 6.45) is 0. The van der Waals surface area contributed by atoms with E-state index < -0.39 is 5.82 Å². The van der Waals surface area contributed by atoms with Crippen LogP contribution in [0.15, 0.2) is 47.5 Å². The Morgan fingerprint density at radius 2 is 1.88 bits per heavy atom. The molecule has 0 aliphatic rings. The third-order valence-electron chi connectivity index (χ3n) is 3.60. The van der Waals surface area contributed by atoms with E-state index in [2.05, 4.69) is 15.6 Å². The summed E-state index contributed by atoms with van der Waals surface area (Å²) in [5, 5.41) is 15.5. The highest BCUT2D eigenvalue weighted by Gasteiger charge is 2.05. The first kappa shape index (κ1) is 17.7. The van der Waals surface area contributed by atoms with Gasteiger partial charge in [0.1, 0.15) is 11.6 Å². The molecule has 3 N–H and O–H groups in total. The molecule has 2 rings (SSSR count). The number of guanidine groups is 1. The lowest BCUT2D eigenvalue weighted by atomic mass is 10.1. The van der Waals surface area contributed by atoms with Crippen LogP contribution in [-0.4, -0.2) is 25.2 Å². The molecule has 0 saturated heterocycles. The number of halogens is 1. The molecule has 0 spiro atoms. The number of benzene rings is 2. The molecule has 0 unspecified atom stereocenters. The Labute approximate surface area is 141 Å². The van der Waals surface area contributed by atoms with Crippen molar-refractivity contribution in [1.82, 2.24) is 10.6 Å². The Morgan fingerprint density at radius 3 is 2.58 bits per heavy atom. The Morgan fingerprint density at radius 1 is 1.12 bits per heavy atom. The summed E-state index contributed by atoms with van der Waals surface area (Å²) in [5.41, 5.74) is 2.17. The van der Waals surface area contributed by atoms with Gasteiger partial charge >= 0.3 is 0 Å². The highest BCUT2D eigenvalue weighted by atomic mass is 19.1. The summed E-state index contributed by atoms with van der Waals surface area (Å²) in [7, 11) is 3.32. The minimum atomic E-state index is -0.403. The van der Waals surface area contributed by atoms with Gasteiger partial charge in [0.2, 0.25) is 0 Å². The first-order chi connectivity index (χ1) is 11.7. The second-order valence-corrected chi connectivity index (χ2v) is 5.18. The van der Waals surface area contributed by atoms with Gasteiger partial charge in [-0.3, -0.25) is 4.99 Å². The molecule has 0 fully saturated rings. The lowest BCUT2D eigenvalue weighted by molar-refractivity contribution is 0.275. The van der Waals surface area contributed by atoms with Crippen molar-refractivity contribution in [3.63, 3.8) is 0 Å². The van der Waals surface area contributed by atoms with Gasteiger partial charge in [-0.15, -0.1) is 0 Å². The maximum atomic E-state index is 13.4. The molecular weight excluding hydrogens is 309 g/mol. The second-order valence-electron chi connectivity index (χ2n) is 5.18. The monoisotopic (exact) mass is 331 g/mol. The van der Waals surface area contributed by atoms with E-state index in [-0.39, 0.29) is 12.2 Å². The van der Waals surface area contributed by atoms with Crippen LogP contribution in [0.3, 0.4) is 0 Å². The lowest BCUT2D eigenvalue weighted by Gasteiger charge is -2.14. The number of aliphatic hydroxyl groups is 1. The van der Waals surface area contributed by atoms with Crippen LogP contribution in [0.25, 0.3) is 0 Å². The fourth-order valence-electron chi connectivity index (χ4n) is 2.29. The van der Waals surface area contributed by atoms with Crippen LogP contribution in [-0.2, 0) is 19.7 Å². The van der Waals surface area contributed by atoms with Gasteiger partial charge < -0.3 is 20.5 Å². The summed E-state index contributed by atoms with van der Waals surface area (Å²) in [4.78, 5) is 4.16. The van der Waals surface area contributed by atoms with Crippen LogP contribution in [0.4, 0.5) is 4.39 Å². The molecule has 0 aromatic heterocycles. The van der Waals surface area contributed by atoms with Crippen LogP contribution in [0.1, 0.15) is 16.7 Å². The van der Waals surface area contributed by atoms with Gasteiger partial charge in [0.25, 0.3) is 0 Å². The molecule has 0 radical (unpaired) electrons. The molecule has 0 aliphatic heterocycles. The molecule has 2 aromatic carbocycles. The third kappa shape index (κ3) is 4.70. The van der Waals surface area contributed by atoms with Crippen LogP contribution < -0.4 is 15.4 Å². The lowest BCUT2D eigenvalue weighted by Crippen LogP contribution is -2.36. The molecule has 0 amide bonds. The molecule has 128 valence electrons. The summed E-state index contributed by atoms with van der Waals surface area (Å²) in [6, 6.07) is 12.4. The van der Waals surface area contributed by atoms with Crippen LogP contribution in [0.5, 0.6) is 5.75 Å². The zero-order valence-electron chi connectivity index (χ0n) is 13.8. The normalized spacial score (nSPS) is 11.2. The van der Waals surface area contributed by atoms with Crippen LogP contribution in [0, 0.1) is 5.82 Å². The third-order valence-corrected chi connectivity index (χ3v) is 3.60. The molecule has 0 bridgehead atoms. The molecular formula is C18H22FN3O2. The molecule has 0 heterocycles. The first-order valence-corrected chi connectivity index (χ1v) is 7.62. The quantitative estimate of drug-likeness (QED) is 0.561. The van der Waals surface area contributed by atoms with E-state index in [1.54, 1.807) is 26.3 Å². The Hall–Kier alpha value is -2.60. The van der Waals surface area contributed by atoms with Crippen molar-refractivity contribution in [2.75, 3.05) is 14.2 Å². The number of methoxy groups -OCH3 is 1. The van der Waals surface area contributed by atoms with E-state index in [1.807, 2.05) is 24.3 Å². The Kier molecular flexibility index (Phi) is 6.57. The number of hydrogen-bond acceptors (Lipinski definition) is 3. The van der Waals surface area contributed by atoms with Crippen molar-refractivity contribution in [2.45, 2.75) is 19.7 Å². The van der Waals surface area contributed by atoms with Gasteiger partial charge in [0, 0.05) is 31.3 Å². The van der Waals surface area contributed by atoms with Gasteiger partial charge in [-0.1, -0.05) is 24.3 Å². The fraction of sp³-hybridized carbons (Fsp3) is 0.278. The van der Waals surface area contributed by atoms with Crippen LogP contribution in [0.2, 0.25) is 0 Å². The van der Waals surface area contributed by atoms with Crippen molar-refractivity contribution < 1.29 is 14.2 Å². The van der Waals surface area contributed by atoms with E-state index in [9.17, 15) is 4.39 Å². The van der Waals surface area contributed by atoms with Crippen molar-refractivity contribution >= 4 is 5.96 Å². The Balaban J connectivity index is 1.93. The summed E-state index contributed by atoms with van der Waals surface area (Å²) in [5.74, 6) is 1.03. The minimum absolute atomic E-state index is 0.284. The number of aliphatic hydroxyl groups excluding tert-OH is 1. The zero-order valence-corrected chi connectivity index (χ0v) is 13.8. The number of hydrogen-bond donors (Lipinski definition) is 3. The number of aliphatic imine (C=N–C) groups is 1. The topological polar surface area (TPSA) is 65.9 Å². The van der Waals surface area contributed by atoms with Crippen molar-refractivity contribution in [2.24, 2.45) is 4.99 Å². The van der Waals surface area contributed by atoms with E-state index in [1.165, 1.54) is 6.07 Å². The first-order valence-electron chi connectivity index (χ1n) is 7.62. The second kappa shape index (κ2) is 8.88. The maximum absolute atomic E-state index is 13.4. The standard InChI is InChI=1S/C18H22FN3O2/c1-20-18(22-11-14-5-3-4-6-17(14)24-2)21-10-13-7-8-16(19)15(9-13)12-23/h3-9,23H,10-12H2,1-2H3,(H2,20,21,22). The Bertz CT molecular complexity index is 704. The number of para-hydroxylation sites is 1. The van der Waals surface area contributed by atoms with E-state index in [0.717, 1.165) is 16.9 Å². The van der Waals surface area contributed by atoms with E-state index in [4.69, 9.17) is 9.84 Å². The molecule has 24 heavy (non-hydrogen) atoms. The average Bonchev–Trinajstić information content (AvgIpc) is 2.63. The molecule has 0 aliphatic carbocycles. The number of nitrogens with zero attached hydrogens (tertiary/aromatic N) is 1. The summed E-state index contributed by atoms with van der Waals surface area (Å²) in [6.45, 7) is 0.717. The smallest absolute Gasteiger partial charge is 0.191 e. The highest BCUT2D eigenvalue weighted by molar-refractivity contribution is 5.79. The van der Waals surface area contributed by atoms with E-state index in [0.29, 0.717) is 19.0 Å². The predicted molar refractivity (Wildman–Crippen MR) is 92.4 cm³/mol. The molecule has 0 saturated carbocycles.